The molecule has 0 spiro atoms. The van der Waals surface area contributed by atoms with Crippen LogP contribution in [0.1, 0.15) is 52.0 Å². The highest BCUT2D eigenvalue weighted by Crippen LogP contribution is 2.46. The molecule has 0 aliphatic heterocycles. The van der Waals surface area contributed by atoms with Crippen molar-refractivity contribution in [2.45, 2.75) is 36.8 Å². The monoisotopic (exact) mass is 513 g/mol. The number of amides is 2. The molecule has 0 atom stereocenters. The maximum absolute atomic E-state index is 13.4. The number of hydrogen-bond donors (Lipinski definition) is 2. The van der Waals surface area contributed by atoms with Crippen molar-refractivity contribution in [1.29, 1.82) is 0 Å². The first-order valence-electron chi connectivity index (χ1n) is 12.3. The molecule has 2 heterocycles. The second-order valence-electron chi connectivity index (χ2n) is 9.80. The molecule has 2 saturated carbocycles. The topological polar surface area (TPSA) is 115 Å². The standard InChI is InChI=1S/C28H24FN5O4/c1-38-26(37)28(11-12-28)32-24(35)17-3-2-4-18(13-17)27(9-10-27)33-25(36)22-14-30-16-23-21(22)15-31-34(23)20-7-5-19(29)6-8-20/h2-8,13-16H,9-12H2,1H3,(H,32,35)(H,33,36). The van der Waals surface area contributed by atoms with Crippen LogP contribution in [0.25, 0.3) is 16.6 Å². The van der Waals surface area contributed by atoms with E-state index in [0.717, 1.165) is 5.56 Å². The number of hydrogen-bond acceptors (Lipinski definition) is 6. The van der Waals surface area contributed by atoms with E-state index < -0.39 is 17.0 Å². The molecule has 0 bridgehead atoms. The second kappa shape index (κ2) is 8.76. The number of halogens is 1. The maximum Gasteiger partial charge on any atom is 0.331 e. The molecule has 6 rings (SSSR count). The van der Waals surface area contributed by atoms with Crippen LogP contribution in [0.4, 0.5) is 4.39 Å². The van der Waals surface area contributed by atoms with Gasteiger partial charge in [0.2, 0.25) is 0 Å². The van der Waals surface area contributed by atoms with Crippen molar-refractivity contribution in [3.8, 4) is 5.69 Å². The molecular formula is C28H24FN5O4. The molecule has 2 fully saturated rings. The van der Waals surface area contributed by atoms with Gasteiger partial charge in [-0.15, -0.1) is 0 Å². The summed E-state index contributed by atoms with van der Waals surface area (Å²) in [6.45, 7) is 0. The summed E-state index contributed by atoms with van der Waals surface area (Å²) in [7, 11) is 1.30. The third kappa shape index (κ3) is 4.07. The molecule has 2 amide bonds. The summed E-state index contributed by atoms with van der Waals surface area (Å²) >= 11 is 0. The zero-order valence-corrected chi connectivity index (χ0v) is 20.5. The highest BCUT2D eigenvalue weighted by Gasteiger charge is 2.52. The van der Waals surface area contributed by atoms with Gasteiger partial charge in [-0.3, -0.25) is 14.6 Å². The normalized spacial score (nSPS) is 16.5. The first-order valence-corrected chi connectivity index (χ1v) is 12.3. The molecule has 2 aliphatic rings. The van der Waals surface area contributed by atoms with E-state index in [1.54, 1.807) is 47.4 Å². The van der Waals surface area contributed by atoms with Gasteiger partial charge in [0.05, 0.1) is 41.8 Å². The Balaban J connectivity index is 1.24. The first-order chi connectivity index (χ1) is 18.3. The largest absolute Gasteiger partial charge is 0.467 e. The minimum Gasteiger partial charge on any atom is -0.467 e. The fraction of sp³-hybridized carbons (Fsp3) is 0.250. The van der Waals surface area contributed by atoms with Crippen LogP contribution in [0.15, 0.2) is 67.1 Å². The fourth-order valence-corrected chi connectivity index (χ4v) is 4.75. The summed E-state index contributed by atoms with van der Waals surface area (Å²) in [5, 5.41) is 10.9. The molecule has 0 saturated heterocycles. The van der Waals surface area contributed by atoms with Gasteiger partial charge in [-0.05, 0) is 67.6 Å². The molecule has 192 valence electrons. The lowest BCUT2D eigenvalue weighted by Crippen LogP contribution is -2.44. The number of pyridine rings is 1. The molecular weight excluding hydrogens is 489 g/mol. The predicted molar refractivity (Wildman–Crippen MR) is 135 cm³/mol. The third-order valence-electron chi connectivity index (χ3n) is 7.27. The Hall–Kier alpha value is -4.60. The number of aromatic nitrogens is 3. The van der Waals surface area contributed by atoms with Crippen LogP contribution in [-0.4, -0.2) is 45.2 Å². The molecule has 2 N–H and O–H groups in total. The van der Waals surface area contributed by atoms with Gasteiger partial charge in [0, 0.05) is 17.1 Å². The van der Waals surface area contributed by atoms with E-state index in [4.69, 9.17) is 4.74 Å². The van der Waals surface area contributed by atoms with E-state index in [-0.39, 0.29) is 17.6 Å². The number of ether oxygens (including phenoxy) is 1. The zero-order chi connectivity index (χ0) is 26.5. The number of rotatable bonds is 7. The summed E-state index contributed by atoms with van der Waals surface area (Å²) in [4.78, 5) is 42.6. The predicted octanol–water partition coefficient (Wildman–Crippen LogP) is 3.41. The molecule has 2 aliphatic carbocycles. The Morgan fingerprint density at radius 3 is 2.39 bits per heavy atom. The van der Waals surface area contributed by atoms with Crippen LogP contribution in [0.3, 0.4) is 0 Å². The average Bonchev–Trinajstić information content (AvgIpc) is 3.86. The lowest BCUT2D eigenvalue weighted by molar-refractivity contribution is -0.144. The second-order valence-corrected chi connectivity index (χ2v) is 9.80. The van der Waals surface area contributed by atoms with Crippen LogP contribution < -0.4 is 10.6 Å². The Morgan fingerprint density at radius 2 is 1.71 bits per heavy atom. The van der Waals surface area contributed by atoms with Gasteiger partial charge in [-0.2, -0.15) is 5.10 Å². The molecule has 38 heavy (non-hydrogen) atoms. The highest BCUT2D eigenvalue weighted by atomic mass is 19.1. The van der Waals surface area contributed by atoms with Crippen LogP contribution in [0, 0.1) is 5.82 Å². The first kappa shape index (κ1) is 23.8. The zero-order valence-electron chi connectivity index (χ0n) is 20.5. The summed E-state index contributed by atoms with van der Waals surface area (Å²) in [5.41, 5.74) is 1.29. The lowest BCUT2D eigenvalue weighted by atomic mass is 10.0. The van der Waals surface area contributed by atoms with Crippen LogP contribution >= 0.6 is 0 Å². The molecule has 0 radical (unpaired) electrons. The highest BCUT2D eigenvalue weighted by molar-refractivity contribution is 6.06. The van der Waals surface area contributed by atoms with Gasteiger partial charge in [0.1, 0.15) is 11.4 Å². The fourth-order valence-electron chi connectivity index (χ4n) is 4.75. The van der Waals surface area contributed by atoms with Gasteiger partial charge in [-0.25, -0.2) is 13.9 Å². The quantitative estimate of drug-likeness (QED) is 0.366. The van der Waals surface area contributed by atoms with Crippen LogP contribution in [0.5, 0.6) is 0 Å². The summed E-state index contributed by atoms with van der Waals surface area (Å²) in [6.07, 6.45) is 7.22. The third-order valence-corrected chi connectivity index (χ3v) is 7.27. The minimum absolute atomic E-state index is 0.309. The van der Waals surface area contributed by atoms with E-state index in [1.807, 2.05) is 6.07 Å². The van der Waals surface area contributed by atoms with E-state index in [2.05, 4.69) is 20.7 Å². The van der Waals surface area contributed by atoms with Gasteiger partial charge in [0.25, 0.3) is 11.8 Å². The Labute approximate surface area is 217 Å². The van der Waals surface area contributed by atoms with Crippen molar-refractivity contribution in [2.75, 3.05) is 7.11 Å². The van der Waals surface area contributed by atoms with Crippen molar-refractivity contribution in [1.82, 2.24) is 25.4 Å². The Bertz CT molecular complexity index is 1590. The summed E-state index contributed by atoms with van der Waals surface area (Å²) in [6, 6.07) is 13.0. The van der Waals surface area contributed by atoms with Gasteiger partial charge in [-0.1, -0.05) is 12.1 Å². The lowest BCUT2D eigenvalue weighted by Gasteiger charge is -2.20. The van der Waals surface area contributed by atoms with Gasteiger partial charge >= 0.3 is 5.97 Å². The van der Waals surface area contributed by atoms with Crippen molar-refractivity contribution in [3.63, 3.8) is 0 Å². The van der Waals surface area contributed by atoms with Crippen molar-refractivity contribution in [3.05, 3.63) is 89.6 Å². The maximum atomic E-state index is 13.4. The van der Waals surface area contributed by atoms with E-state index in [1.165, 1.54) is 25.4 Å². The number of benzene rings is 2. The summed E-state index contributed by atoms with van der Waals surface area (Å²) in [5.74, 6) is -1.47. The molecule has 2 aromatic carbocycles. The van der Waals surface area contributed by atoms with Gasteiger partial charge in [0.15, 0.2) is 0 Å². The molecule has 4 aromatic rings. The molecule has 0 unspecified atom stereocenters. The number of fused-ring (bicyclic) bond motifs is 1. The Kier molecular flexibility index (Phi) is 5.48. The Morgan fingerprint density at radius 1 is 0.947 bits per heavy atom. The van der Waals surface area contributed by atoms with Crippen molar-refractivity contribution >= 4 is 28.7 Å². The number of esters is 1. The van der Waals surface area contributed by atoms with Crippen LogP contribution in [-0.2, 0) is 15.1 Å². The van der Waals surface area contributed by atoms with Gasteiger partial charge < -0.3 is 15.4 Å². The number of carbonyl (C=O) groups is 3. The molecule has 9 nitrogen and oxygen atoms in total. The number of nitrogens with zero attached hydrogens (tertiary/aromatic N) is 3. The number of methoxy groups -OCH3 is 1. The number of carbonyl (C=O) groups excluding carboxylic acids is 3. The minimum atomic E-state index is -0.947. The van der Waals surface area contributed by atoms with E-state index in [9.17, 15) is 18.8 Å². The van der Waals surface area contributed by atoms with E-state index in [0.29, 0.717) is 53.4 Å². The van der Waals surface area contributed by atoms with Crippen molar-refractivity contribution in [2.24, 2.45) is 0 Å². The van der Waals surface area contributed by atoms with Crippen molar-refractivity contribution < 1.29 is 23.5 Å². The SMILES string of the molecule is COC(=O)C1(NC(=O)c2cccc(C3(NC(=O)c4cncc5c4cnn5-c4ccc(F)cc4)CC3)c2)CC1. The average molecular weight is 514 g/mol. The molecule has 2 aromatic heterocycles. The number of nitrogens with one attached hydrogen (secondary N) is 2. The smallest absolute Gasteiger partial charge is 0.331 e. The van der Waals surface area contributed by atoms with E-state index >= 15 is 0 Å². The summed E-state index contributed by atoms with van der Waals surface area (Å²) < 4.78 is 19.8. The van der Waals surface area contributed by atoms with Crippen LogP contribution in [0.2, 0.25) is 0 Å². The molecule has 10 heteroatoms.